The van der Waals surface area contributed by atoms with Crippen LogP contribution >= 0.6 is 0 Å². The average Bonchev–Trinajstić information content (AvgIpc) is 2.99. The van der Waals surface area contributed by atoms with E-state index in [0.29, 0.717) is 26.0 Å². The van der Waals surface area contributed by atoms with Crippen molar-refractivity contribution in [1.82, 2.24) is 10.6 Å². The van der Waals surface area contributed by atoms with Crippen molar-refractivity contribution in [3.05, 3.63) is 0 Å². The third-order valence-electron chi connectivity index (χ3n) is 10.0. The van der Waals surface area contributed by atoms with Crippen LogP contribution in [0.2, 0.25) is 0 Å². The fourth-order valence-electron chi connectivity index (χ4n) is 6.50. The van der Waals surface area contributed by atoms with E-state index in [0.717, 1.165) is 44.9 Å². The molecule has 0 aliphatic rings. The highest BCUT2D eigenvalue weighted by atomic mass is 16.5. The standard InChI is InChI=1S/C41H82N2O4/c1-11-15-19-22-25-29-41(10,28-24-21-17-13-3)47-35-37(45)43-38(5,6)31-33-46-39(7,8)30-32-42-36(44)34-40(9,26-18-14-4)27-23-20-16-12-2/h11-35H2,1-10H3,(H,42,44)(H,43,45). The summed E-state index contributed by atoms with van der Waals surface area (Å²) in [6.45, 7) is 23.0. The Morgan fingerprint density at radius 2 is 1.02 bits per heavy atom. The minimum atomic E-state index is -0.400. The quantitative estimate of drug-likeness (QED) is 0.0701. The molecule has 2 N–H and O–H groups in total. The molecule has 0 bridgehead atoms. The van der Waals surface area contributed by atoms with E-state index in [-0.39, 0.29) is 35.0 Å². The van der Waals surface area contributed by atoms with Crippen LogP contribution in [0.5, 0.6) is 0 Å². The molecule has 2 atom stereocenters. The predicted molar refractivity (Wildman–Crippen MR) is 202 cm³/mol. The van der Waals surface area contributed by atoms with Gasteiger partial charge in [0.15, 0.2) is 0 Å². The first-order valence-corrected chi connectivity index (χ1v) is 20.0. The maximum atomic E-state index is 13.0. The molecule has 0 saturated carbocycles. The number of nitrogens with one attached hydrogen (secondary N) is 2. The number of carbonyl (C=O) groups excluding carboxylic acids is 2. The fraction of sp³-hybridized carbons (Fsp3) is 0.951. The van der Waals surface area contributed by atoms with E-state index >= 15 is 0 Å². The van der Waals surface area contributed by atoms with E-state index < -0.39 is 5.54 Å². The molecule has 0 radical (unpaired) electrons. The zero-order valence-electron chi connectivity index (χ0n) is 33.3. The van der Waals surface area contributed by atoms with Crippen LogP contribution in [0.4, 0.5) is 0 Å². The summed E-state index contributed by atoms with van der Waals surface area (Å²) in [6, 6.07) is 0. The second-order valence-electron chi connectivity index (χ2n) is 16.5. The molecule has 0 aromatic carbocycles. The molecule has 0 heterocycles. The minimum Gasteiger partial charge on any atom is -0.375 e. The molecule has 6 nitrogen and oxygen atoms in total. The van der Waals surface area contributed by atoms with Crippen LogP contribution in [0.3, 0.4) is 0 Å². The van der Waals surface area contributed by atoms with Gasteiger partial charge in [0.25, 0.3) is 0 Å². The number of unbranched alkanes of at least 4 members (excludes halogenated alkanes) is 11. The van der Waals surface area contributed by atoms with Crippen LogP contribution in [0.25, 0.3) is 0 Å². The zero-order chi connectivity index (χ0) is 35.7. The number of ether oxygens (including phenoxy) is 2. The van der Waals surface area contributed by atoms with Crippen molar-refractivity contribution < 1.29 is 19.1 Å². The third-order valence-corrected chi connectivity index (χ3v) is 10.0. The van der Waals surface area contributed by atoms with Gasteiger partial charge in [-0.3, -0.25) is 9.59 Å². The van der Waals surface area contributed by atoms with E-state index in [1.165, 1.54) is 83.5 Å². The summed E-state index contributed by atoms with van der Waals surface area (Å²) in [5, 5.41) is 6.37. The first-order valence-electron chi connectivity index (χ1n) is 20.0. The molecule has 6 heteroatoms. The highest BCUT2D eigenvalue weighted by Crippen LogP contribution is 2.34. The summed E-state index contributed by atoms with van der Waals surface area (Å²) in [5.74, 6) is 0.105. The van der Waals surface area contributed by atoms with E-state index in [2.05, 4.69) is 79.9 Å². The van der Waals surface area contributed by atoms with Gasteiger partial charge in [-0.05, 0) is 78.6 Å². The van der Waals surface area contributed by atoms with Gasteiger partial charge in [0.1, 0.15) is 6.61 Å². The largest absolute Gasteiger partial charge is 0.375 e. The summed E-state index contributed by atoms with van der Waals surface area (Å²) < 4.78 is 12.6. The summed E-state index contributed by atoms with van der Waals surface area (Å²) >= 11 is 0. The molecule has 0 spiro atoms. The third kappa shape index (κ3) is 25.5. The molecule has 0 aliphatic heterocycles. The topological polar surface area (TPSA) is 76.7 Å². The molecule has 0 fully saturated rings. The molecule has 0 rings (SSSR count). The Labute approximate surface area is 293 Å². The van der Waals surface area contributed by atoms with E-state index in [1.54, 1.807) is 0 Å². The first-order chi connectivity index (χ1) is 22.2. The highest BCUT2D eigenvalue weighted by molar-refractivity contribution is 5.78. The van der Waals surface area contributed by atoms with Gasteiger partial charge in [-0.2, -0.15) is 0 Å². The molecular weight excluding hydrogens is 584 g/mol. The van der Waals surface area contributed by atoms with Gasteiger partial charge in [-0.25, -0.2) is 0 Å². The fourth-order valence-corrected chi connectivity index (χ4v) is 6.50. The lowest BCUT2D eigenvalue weighted by Crippen LogP contribution is -2.47. The molecule has 0 aromatic rings. The summed E-state index contributed by atoms with van der Waals surface area (Å²) in [7, 11) is 0. The second-order valence-corrected chi connectivity index (χ2v) is 16.5. The number of rotatable bonds is 32. The van der Waals surface area contributed by atoms with Crippen molar-refractivity contribution >= 4 is 11.8 Å². The van der Waals surface area contributed by atoms with Crippen LogP contribution in [-0.2, 0) is 19.1 Å². The van der Waals surface area contributed by atoms with Crippen molar-refractivity contribution in [3.8, 4) is 0 Å². The number of hydrogen-bond acceptors (Lipinski definition) is 4. The Kier molecular flexibility index (Phi) is 25.2. The van der Waals surface area contributed by atoms with Crippen LogP contribution < -0.4 is 10.6 Å². The Hall–Kier alpha value is -1.14. The van der Waals surface area contributed by atoms with Crippen LogP contribution in [0.15, 0.2) is 0 Å². The second kappa shape index (κ2) is 25.8. The van der Waals surface area contributed by atoms with Crippen molar-refractivity contribution in [3.63, 3.8) is 0 Å². The Bertz CT molecular complexity index is 798. The number of amides is 2. The van der Waals surface area contributed by atoms with Crippen molar-refractivity contribution in [2.45, 2.75) is 227 Å². The van der Waals surface area contributed by atoms with Gasteiger partial charge in [-0.1, -0.05) is 131 Å². The van der Waals surface area contributed by atoms with Gasteiger partial charge in [0.05, 0.1) is 11.2 Å². The van der Waals surface area contributed by atoms with Gasteiger partial charge in [-0.15, -0.1) is 0 Å². The lowest BCUT2D eigenvalue weighted by molar-refractivity contribution is -0.135. The first kappa shape index (κ1) is 45.9. The lowest BCUT2D eigenvalue weighted by Gasteiger charge is -2.33. The maximum Gasteiger partial charge on any atom is 0.246 e. The van der Waals surface area contributed by atoms with Gasteiger partial charge < -0.3 is 20.1 Å². The normalized spacial score (nSPS) is 14.9. The van der Waals surface area contributed by atoms with Crippen LogP contribution in [0, 0.1) is 5.41 Å². The molecule has 2 unspecified atom stereocenters. The maximum absolute atomic E-state index is 13.0. The number of hydrogen-bond donors (Lipinski definition) is 2. The van der Waals surface area contributed by atoms with Gasteiger partial charge >= 0.3 is 0 Å². The smallest absolute Gasteiger partial charge is 0.246 e. The molecular formula is C41H82N2O4. The lowest BCUT2D eigenvalue weighted by atomic mass is 9.77. The molecule has 280 valence electrons. The molecule has 47 heavy (non-hydrogen) atoms. The summed E-state index contributed by atoms with van der Waals surface area (Å²) in [4.78, 5) is 25.9. The van der Waals surface area contributed by atoms with Crippen molar-refractivity contribution in [2.75, 3.05) is 19.8 Å². The Balaban J connectivity index is 4.68. The van der Waals surface area contributed by atoms with Crippen LogP contribution in [0.1, 0.15) is 210 Å². The molecule has 2 amide bonds. The highest BCUT2D eigenvalue weighted by Gasteiger charge is 2.29. The van der Waals surface area contributed by atoms with Crippen LogP contribution in [-0.4, -0.2) is 48.3 Å². The van der Waals surface area contributed by atoms with E-state index in [1.807, 2.05) is 0 Å². The van der Waals surface area contributed by atoms with E-state index in [9.17, 15) is 9.59 Å². The summed E-state index contributed by atoms with van der Waals surface area (Å²) in [5.41, 5.74) is -0.920. The molecule has 0 saturated heterocycles. The molecule has 0 aromatic heterocycles. The number of carbonyl (C=O) groups is 2. The van der Waals surface area contributed by atoms with Crippen molar-refractivity contribution in [2.24, 2.45) is 5.41 Å². The Morgan fingerprint density at radius 1 is 0.532 bits per heavy atom. The SMILES string of the molecule is CCCCCCCC(C)(CCCCCC)OCC(=O)NC(C)(C)CCOC(C)(C)CCNC(=O)CC(C)(CCCC)CCCCCC. The monoisotopic (exact) mass is 667 g/mol. The van der Waals surface area contributed by atoms with Gasteiger partial charge in [0, 0.05) is 25.1 Å². The molecule has 0 aliphatic carbocycles. The zero-order valence-corrected chi connectivity index (χ0v) is 33.3. The summed E-state index contributed by atoms with van der Waals surface area (Å²) in [6.07, 6.45) is 24.8. The van der Waals surface area contributed by atoms with E-state index in [4.69, 9.17) is 9.47 Å². The predicted octanol–water partition coefficient (Wildman–Crippen LogP) is 11.2. The van der Waals surface area contributed by atoms with Gasteiger partial charge in [0.2, 0.25) is 11.8 Å². The minimum absolute atomic E-state index is 0.0564. The van der Waals surface area contributed by atoms with Crippen molar-refractivity contribution in [1.29, 1.82) is 0 Å². The average molecular weight is 667 g/mol. The Morgan fingerprint density at radius 3 is 1.57 bits per heavy atom.